The van der Waals surface area contributed by atoms with Gasteiger partial charge in [-0.05, 0) is 76.0 Å². The molecule has 0 radical (unpaired) electrons. The van der Waals surface area contributed by atoms with Gasteiger partial charge in [0.15, 0.2) is 18.2 Å². The van der Waals surface area contributed by atoms with Crippen LogP contribution < -0.4 is 19.7 Å². The van der Waals surface area contributed by atoms with Gasteiger partial charge in [-0.3, -0.25) is 4.79 Å². The lowest BCUT2D eigenvalue weighted by molar-refractivity contribution is -0.274. The van der Waals surface area contributed by atoms with Crippen LogP contribution in [-0.4, -0.2) is 66.0 Å². The number of fused-ring (bicyclic) bond motifs is 1. The highest BCUT2D eigenvalue weighted by Crippen LogP contribution is 2.29. The monoisotopic (exact) mass is 547 g/mol. The molecule has 12 heteroatoms. The van der Waals surface area contributed by atoms with Gasteiger partial charge in [-0.2, -0.15) is 0 Å². The van der Waals surface area contributed by atoms with E-state index < -0.39 is 30.4 Å². The summed E-state index contributed by atoms with van der Waals surface area (Å²) in [5.41, 5.74) is 2.03. The normalized spacial score (nSPS) is 17.0. The maximum Gasteiger partial charge on any atom is 0.573 e. The lowest BCUT2D eigenvalue weighted by atomic mass is 10.0. The molecule has 1 N–H and O–H groups in total. The Labute approximate surface area is 222 Å². The smallest absolute Gasteiger partial charge is 0.481 e. The Morgan fingerprint density at radius 1 is 1.05 bits per heavy atom. The molecule has 0 aliphatic carbocycles. The molecule has 39 heavy (non-hydrogen) atoms. The SMILES string of the molecule is Cc1nc(N2CCC(N3CCCC3)CC2)nc2ccc(NC(=O)COc3ccc(OC(F)(F)F)cc3F)cc12. The van der Waals surface area contributed by atoms with Crippen LogP contribution in [0.5, 0.6) is 11.5 Å². The van der Waals surface area contributed by atoms with E-state index >= 15 is 0 Å². The van der Waals surface area contributed by atoms with Crippen molar-refractivity contribution in [3.63, 3.8) is 0 Å². The molecule has 208 valence electrons. The summed E-state index contributed by atoms with van der Waals surface area (Å²) in [6.45, 7) is 5.58. The number of alkyl halides is 3. The second kappa shape index (κ2) is 11.2. The van der Waals surface area contributed by atoms with E-state index in [0.29, 0.717) is 23.7 Å². The number of ether oxygens (including phenoxy) is 2. The lowest BCUT2D eigenvalue weighted by Crippen LogP contribution is -2.44. The fraction of sp³-hybridized carbons (Fsp3) is 0.444. The molecule has 8 nitrogen and oxygen atoms in total. The second-order valence-electron chi connectivity index (χ2n) is 9.78. The van der Waals surface area contributed by atoms with Crippen molar-refractivity contribution in [1.82, 2.24) is 14.9 Å². The van der Waals surface area contributed by atoms with Crippen molar-refractivity contribution in [2.75, 3.05) is 43.0 Å². The maximum absolute atomic E-state index is 14.1. The largest absolute Gasteiger partial charge is 0.573 e. The minimum absolute atomic E-state index is 0.376. The molecule has 1 amide bonds. The van der Waals surface area contributed by atoms with Crippen molar-refractivity contribution >= 4 is 28.4 Å². The Hall–Kier alpha value is -3.67. The van der Waals surface area contributed by atoms with Crippen LogP contribution in [0.4, 0.5) is 29.2 Å². The first-order chi connectivity index (χ1) is 18.6. The summed E-state index contributed by atoms with van der Waals surface area (Å²) in [6, 6.07) is 8.32. The summed E-state index contributed by atoms with van der Waals surface area (Å²) in [5.74, 6) is -2.04. The number of likely N-dealkylation sites (tertiary alicyclic amines) is 1. The molecule has 2 aromatic carbocycles. The van der Waals surface area contributed by atoms with E-state index in [1.807, 2.05) is 6.92 Å². The zero-order valence-electron chi connectivity index (χ0n) is 21.4. The number of carbonyl (C=O) groups excluding carboxylic acids is 1. The summed E-state index contributed by atoms with van der Waals surface area (Å²) in [4.78, 5) is 26.7. The molecular formula is C27H29F4N5O3. The van der Waals surface area contributed by atoms with Gasteiger partial charge in [-0.25, -0.2) is 14.4 Å². The zero-order chi connectivity index (χ0) is 27.6. The molecule has 0 atom stereocenters. The van der Waals surface area contributed by atoms with Gasteiger partial charge in [0.25, 0.3) is 5.91 Å². The molecule has 2 saturated heterocycles. The number of halogens is 4. The highest BCUT2D eigenvalue weighted by molar-refractivity contribution is 5.95. The Morgan fingerprint density at radius 3 is 2.49 bits per heavy atom. The summed E-state index contributed by atoms with van der Waals surface area (Å²) >= 11 is 0. The van der Waals surface area contributed by atoms with E-state index in [9.17, 15) is 22.4 Å². The molecular weight excluding hydrogens is 518 g/mol. The number of hydrogen-bond acceptors (Lipinski definition) is 7. The van der Waals surface area contributed by atoms with Gasteiger partial charge in [0.05, 0.1) is 11.2 Å². The quantitative estimate of drug-likeness (QED) is 0.415. The average Bonchev–Trinajstić information content (AvgIpc) is 3.43. The van der Waals surface area contributed by atoms with Crippen LogP contribution in [0.1, 0.15) is 31.4 Å². The average molecular weight is 548 g/mol. The highest BCUT2D eigenvalue weighted by Gasteiger charge is 2.31. The molecule has 2 fully saturated rings. The first kappa shape index (κ1) is 26.9. The molecule has 0 unspecified atom stereocenters. The van der Waals surface area contributed by atoms with E-state index in [2.05, 4.69) is 19.9 Å². The third-order valence-corrected chi connectivity index (χ3v) is 7.06. The fourth-order valence-corrected chi connectivity index (χ4v) is 5.16. The topological polar surface area (TPSA) is 79.8 Å². The Balaban J connectivity index is 1.18. The molecule has 5 rings (SSSR count). The Bertz CT molecular complexity index is 1340. The summed E-state index contributed by atoms with van der Waals surface area (Å²) in [7, 11) is 0. The van der Waals surface area contributed by atoms with Crippen LogP contribution in [-0.2, 0) is 4.79 Å². The maximum atomic E-state index is 14.1. The van der Waals surface area contributed by atoms with Gasteiger partial charge >= 0.3 is 6.36 Å². The number of benzene rings is 2. The van der Waals surface area contributed by atoms with E-state index in [4.69, 9.17) is 14.7 Å². The predicted molar refractivity (Wildman–Crippen MR) is 138 cm³/mol. The van der Waals surface area contributed by atoms with Crippen molar-refractivity contribution in [3.05, 3.63) is 47.9 Å². The fourth-order valence-electron chi connectivity index (χ4n) is 5.16. The van der Waals surface area contributed by atoms with Crippen molar-refractivity contribution in [1.29, 1.82) is 0 Å². The highest BCUT2D eigenvalue weighted by atomic mass is 19.4. The van der Waals surface area contributed by atoms with Crippen LogP contribution >= 0.6 is 0 Å². The van der Waals surface area contributed by atoms with Crippen LogP contribution in [0.2, 0.25) is 0 Å². The van der Waals surface area contributed by atoms with Gasteiger partial charge in [0, 0.05) is 36.3 Å². The number of nitrogens with zero attached hydrogens (tertiary/aromatic N) is 4. The van der Waals surface area contributed by atoms with E-state index in [-0.39, 0.29) is 5.75 Å². The van der Waals surface area contributed by atoms with Gasteiger partial charge < -0.3 is 24.6 Å². The minimum atomic E-state index is -4.94. The first-order valence-electron chi connectivity index (χ1n) is 12.9. The summed E-state index contributed by atoms with van der Waals surface area (Å²) in [5, 5.41) is 3.46. The van der Waals surface area contributed by atoms with Crippen molar-refractivity contribution in [3.8, 4) is 11.5 Å². The minimum Gasteiger partial charge on any atom is -0.481 e. The number of anilines is 2. The zero-order valence-corrected chi connectivity index (χ0v) is 21.4. The summed E-state index contributed by atoms with van der Waals surface area (Å²) in [6.07, 6.45) is -0.159. The standard InChI is InChI=1S/C27H29F4N5O3/c1-17-21-14-18(33-25(37)16-38-24-7-5-20(15-22(24)28)39-27(29,30)31)4-6-23(21)34-26(32-17)36-12-8-19(9-13-36)35-10-2-3-11-35/h4-7,14-15,19H,2-3,8-13,16H2,1H3,(H,33,37). The van der Waals surface area contributed by atoms with Crippen LogP contribution in [0.15, 0.2) is 36.4 Å². The number of rotatable bonds is 7. The van der Waals surface area contributed by atoms with Crippen LogP contribution in [0.3, 0.4) is 0 Å². The van der Waals surface area contributed by atoms with Crippen molar-refractivity contribution in [2.45, 2.75) is 45.0 Å². The molecule has 2 aliphatic heterocycles. The van der Waals surface area contributed by atoms with Gasteiger partial charge in [0.2, 0.25) is 5.95 Å². The van der Waals surface area contributed by atoms with E-state index in [1.54, 1.807) is 18.2 Å². The number of amides is 1. The number of aromatic nitrogens is 2. The van der Waals surface area contributed by atoms with Gasteiger partial charge in [0.1, 0.15) is 5.75 Å². The van der Waals surface area contributed by atoms with E-state index in [0.717, 1.165) is 54.7 Å². The third-order valence-electron chi connectivity index (χ3n) is 7.06. The van der Waals surface area contributed by atoms with Gasteiger partial charge in [-0.1, -0.05) is 0 Å². The lowest BCUT2D eigenvalue weighted by Gasteiger charge is -2.36. The van der Waals surface area contributed by atoms with Crippen molar-refractivity contribution in [2.24, 2.45) is 0 Å². The molecule has 1 aromatic heterocycles. The van der Waals surface area contributed by atoms with Crippen LogP contribution in [0, 0.1) is 12.7 Å². The molecule has 3 aromatic rings. The third kappa shape index (κ3) is 6.67. The number of piperidine rings is 1. The number of aryl methyl sites for hydroxylation is 1. The molecule has 3 heterocycles. The number of nitrogens with one attached hydrogen (secondary N) is 1. The number of carbonyl (C=O) groups is 1. The Morgan fingerprint density at radius 2 is 1.79 bits per heavy atom. The molecule has 0 saturated carbocycles. The van der Waals surface area contributed by atoms with E-state index in [1.165, 1.54) is 25.9 Å². The second-order valence-corrected chi connectivity index (χ2v) is 9.78. The Kier molecular flexibility index (Phi) is 7.74. The molecule has 0 spiro atoms. The first-order valence-corrected chi connectivity index (χ1v) is 12.9. The van der Waals surface area contributed by atoms with Crippen LogP contribution in [0.25, 0.3) is 10.9 Å². The molecule has 2 aliphatic rings. The molecule has 0 bridgehead atoms. The summed E-state index contributed by atoms with van der Waals surface area (Å²) < 4.78 is 59.7. The number of hydrogen-bond donors (Lipinski definition) is 1. The predicted octanol–water partition coefficient (Wildman–Crippen LogP) is 5.06. The van der Waals surface area contributed by atoms with Crippen molar-refractivity contribution < 1.29 is 31.8 Å². The van der Waals surface area contributed by atoms with Gasteiger partial charge in [-0.15, -0.1) is 13.2 Å².